The third kappa shape index (κ3) is 3.57. The normalized spacial score (nSPS) is 22.9. The van der Waals surface area contributed by atoms with Crippen molar-refractivity contribution in [2.75, 3.05) is 37.7 Å². The standard InChI is InChI=1S/C19H25N3O4/c23-18-11-14(20-19(24)21-7-3-1-2-4-8-21)13-22(18)15-5-6-16-17(12-15)26-10-9-25-16/h5-6,12,14H,1-4,7-11,13H2,(H,20,24)/t14-/m0/s1. The van der Waals surface area contributed by atoms with Crippen LogP contribution >= 0.6 is 0 Å². The number of amides is 3. The quantitative estimate of drug-likeness (QED) is 0.878. The lowest BCUT2D eigenvalue weighted by Gasteiger charge is -2.24. The summed E-state index contributed by atoms with van der Waals surface area (Å²) in [7, 11) is 0. The average molecular weight is 359 g/mol. The second-order valence-corrected chi connectivity index (χ2v) is 7.08. The van der Waals surface area contributed by atoms with Gasteiger partial charge in [-0.1, -0.05) is 12.8 Å². The Morgan fingerprint density at radius 2 is 1.77 bits per heavy atom. The van der Waals surface area contributed by atoms with Crippen LogP contribution in [0.4, 0.5) is 10.5 Å². The zero-order valence-corrected chi connectivity index (χ0v) is 14.9. The maximum Gasteiger partial charge on any atom is 0.317 e. The largest absolute Gasteiger partial charge is 0.486 e. The van der Waals surface area contributed by atoms with Gasteiger partial charge in [-0.2, -0.15) is 0 Å². The number of nitrogens with zero attached hydrogens (tertiary/aromatic N) is 2. The minimum Gasteiger partial charge on any atom is -0.486 e. The Hall–Kier alpha value is -2.44. The molecule has 0 aliphatic carbocycles. The van der Waals surface area contributed by atoms with Crippen molar-refractivity contribution in [3.63, 3.8) is 0 Å². The van der Waals surface area contributed by atoms with Gasteiger partial charge in [0, 0.05) is 37.8 Å². The topological polar surface area (TPSA) is 71.1 Å². The van der Waals surface area contributed by atoms with Crippen molar-refractivity contribution >= 4 is 17.6 Å². The van der Waals surface area contributed by atoms with E-state index in [0.717, 1.165) is 31.6 Å². The number of hydrogen-bond acceptors (Lipinski definition) is 4. The Bertz CT molecular complexity index is 685. The zero-order valence-electron chi connectivity index (χ0n) is 14.9. The molecule has 3 aliphatic rings. The van der Waals surface area contributed by atoms with E-state index in [0.29, 0.717) is 37.7 Å². The number of likely N-dealkylation sites (tertiary alicyclic amines) is 1. The van der Waals surface area contributed by atoms with Crippen molar-refractivity contribution in [2.24, 2.45) is 0 Å². The molecule has 0 aromatic heterocycles. The molecule has 7 nitrogen and oxygen atoms in total. The van der Waals surface area contributed by atoms with Crippen LogP contribution in [0.5, 0.6) is 11.5 Å². The highest BCUT2D eigenvalue weighted by Gasteiger charge is 2.33. The number of carbonyl (C=O) groups is 2. The maximum atomic E-state index is 12.5. The Labute approximate surface area is 153 Å². The molecule has 0 bridgehead atoms. The number of fused-ring (bicyclic) bond motifs is 1. The number of rotatable bonds is 2. The summed E-state index contributed by atoms with van der Waals surface area (Å²) >= 11 is 0. The van der Waals surface area contributed by atoms with Crippen LogP contribution in [0, 0.1) is 0 Å². The number of carbonyl (C=O) groups excluding carboxylic acids is 2. The summed E-state index contributed by atoms with van der Waals surface area (Å²) in [6.45, 7) is 3.15. The van der Waals surface area contributed by atoms with Gasteiger partial charge in [0.15, 0.2) is 11.5 Å². The van der Waals surface area contributed by atoms with Gasteiger partial charge in [-0.3, -0.25) is 4.79 Å². The first-order valence-corrected chi connectivity index (χ1v) is 9.46. The van der Waals surface area contributed by atoms with Crippen LogP contribution in [-0.2, 0) is 4.79 Å². The van der Waals surface area contributed by atoms with Gasteiger partial charge in [0.2, 0.25) is 5.91 Å². The van der Waals surface area contributed by atoms with Crippen LogP contribution in [0.3, 0.4) is 0 Å². The number of anilines is 1. The Kier molecular flexibility index (Phi) is 4.86. The van der Waals surface area contributed by atoms with E-state index in [4.69, 9.17) is 9.47 Å². The van der Waals surface area contributed by atoms with E-state index in [1.165, 1.54) is 12.8 Å². The molecule has 1 atom stereocenters. The maximum absolute atomic E-state index is 12.5. The first-order chi connectivity index (χ1) is 12.7. The van der Waals surface area contributed by atoms with E-state index in [1.807, 2.05) is 23.1 Å². The van der Waals surface area contributed by atoms with Crippen molar-refractivity contribution in [2.45, 2.75) is 38.1 Å². The summed E-state index contributed by atoms with van der Waals surface area (Å²) in [6, 6.07) is 5.33. The summed E-state index contributed by atoms with van der Waals surface area (Å²) in [4.78, 5) is 28.5. The Morgan fingerprint density at radius 3 is 2.54 bits per heavy atom. The molecule has 0 saturated carbocycles. The van der Waals surface area contributed by atoms with Gasteiger partial charge in [0.05, 0.1) is 6.04 Å². The highest BCUT2D eigenvalue weighted by atomic mass is 16.6. The van der Waals surface area contributed by atoms with E-state index in [9.17, 15) is 9.59 Å². The van der Waals surface area contributed by atoms with E-state index in [1.54, 1.807) is 4.90 Å². The molecule has 3 amide bonds. The average Bonchev–Trinajstić information content (AvgIpc) is 2.86. The lowest BCUT2D eigenvalue weighted by Crippen LogP contribution is -2.46. The van der Waals surface area contributed by atoms with Gasteiger partial charge in [-0.25, -0.2) is 4.79 Å². The predicted molar refractivity (Wildman–Crippen MR) is 96.8 cm³/mol. The molecule has 1 aromatic rings. The number of urea groups is 1. The molecule has 0 unspecified atom stereocenters. The minimum atomic E-state index is -0.161. The fourth-order valence-corrected chi connectivity index (χ4v) is 3.79. The summed E-state index contributed by atoms with van der Waals surface area (Å²) in [5, 5.41) is 3.04. The van der Waals surface area contributed by atoms with Crippen molar-refractivity contribution in [3.05, 3.63) is 18.2 Å². The summed E-state index contributed by atoms with van der Waals surface area (Å²) in [6.07, 6.45) is 4.81. The van der Waals surface area contributed by atoms with Crippen molar-refractivity contribution in [1.82, 2.24) is 10.2 Å². The summed E-state index contributed by atoms with van der Waals surface area (Å²) in [5.74, 6) is 1.39. The zero-order chi connectivity index (χ0) is 17.9. The summed E-state index contributed by atoms with van der Waals surface area (Å²) in [5.41, 5.74) is 0.783. The molecule has 26 heavy (non-hydrogen) atoms. The highest BCUT2D eigenvalue weighted by Crippen LogP contribution is 2.35. The molecular formula is C19H25N3O4. The number of nitrogens with one attached hydrogen (secondary N) is 1. The van der Waals surface area contributed by atoms with E-state index in [2.05, 4.69) is 5.32 Å². The van der Waals surface area contributed by atoms with Gasteiger partial charge in [-0.15, -0.1) is 0 Å². The lowest BCUT2D eigenvalue weighted by atomic mass is 10.2. The predicted octanol–water partition coefficient (Wildman–Crippen LogP) is 2.15. The van der Waals surface area contributed by atoms with Gasteiger partial charge >= 0.3 is 6.03 Å². The van der Waals surface area contributed by atoms with E-state index >= 15 is 0 Å². The minimum absolute atomic E-state index is 0.0165. The summed E-state index contributed by atoms with van der Waals surface area (Å²) < 4.78 is 11.1. The third-order valence-electron chi connectivity index (χ3n) is 5.18. The van der Waals surface area contributed by atoms with Crippen LogP contribution in [0.1, 0.15) is 32.1 Å². The van der Waals surface area contributed by atoms with E-state index in [-0.39, 0.29) is 18.0 Å². The molecule has 1 N–H and O–H groups in total. The molecule has 0 spiro atoms. The molecule has 140 valence electrons. The van der Waals surface area contributed by atoms with Crippen LogP contribution in [0.25, 0.3) is 0 Å². The first-order valence-electron chi connectivity index (χ1n) is 9.46. The second kappa shape index (κ2) is 7.43. The molecule has 2 saturated heterocycles. The number of ether oxygens (including phenoxy) is 2. The first kappa shape index (κ1) is 17.0. The van der Waals surface area contributed by atoms with Gasteiger partial charge in [0.25, 0.3) is 0 Å². The van der Waals surface area contributed by atoms with Crippen molar-refractivity contribution < 1.29 is 19.1 Å². The Morgan fingerprint density at radius 1 is 1.04 bits per heavy atom. The van der Waals surface area contributed by atoms with Crippen LogP contribution < -0.4 is 19.7 Å². The molecule has 7 heteroatoms. The monoisotopic (exact) mass is 359 g/mol. The molecule has 4 rings (SSSR count). The van der Waals surface area contributed by atoms with Gasteiger partial charge in [0.1, 0.15) is 13.2 Å². The molecule has 2 fully saturated rings. The van der Waals surface area contributed by atoms with Crippen LogP contribution in [0.15, 0.2) is 18.2 Å². The SMILES string of the molecule is O=C(N[C@H]1CC(=O)N(c2ccc3c(c2)OCCO3)C1)N1CCCCCC1. The fraction of sp³-hybridized carbons (Fsp3) is 0.579. The Balaban J connectivity index is 1.39. The smallest absolute Gasteiger partial charge is 0.317 e. The van der Waals surface area contributed by atoms with Crippen LogP contribution in [-0.4, -0.2) is 55.7 Å². The number of hydrogen-bond donors (Lipinski definition) is 1. The third-order valence-corrected chi connectivity index (χ3v) is 5.18. The number of benzene rings is 1. The van der Waals surface area contributed by atoms with Crippen molar-refractivity contribution in [1.29, 1.82) is 0 Å². The van der Waals surface area contributed by atoms with Crippen LogP contribution in [0.2, 0.25) is 0 Å². The van der Waals surface area contributed by atoms with E-state index < -0.39 is 0 Å². The van der Waals surface area contributed by atoms with Gasteiger partial charge in [-0.05, 0) is 25.0 Å². The molecule has 0 radical (unpaired) electrons. The lowest BCUT2D eigenvalue weighted by molar-refractivity contribution is -0.117. The molecule has 1 aromatic carbocycles. The molecule has 3 heterocycles. The molecular weight excluding hydrogens is 334 g/mol. The fourth-order valence-electron chi connectivity index (χ4n) is 3.79. The van der Waals surface area contributed by atoms with Crippen molar-refractivity contribution in [3.8, 4) is 11.5 Å². The second-order valence-electron chi connectivity index (χ2n) is 7.08. The molecule has 3 aliphatic heterocycles. The highest BCUT2D eigenvalue weighted by molar-refractivity contribution is 5.97. The van der Waals surface area contributed by atoms with Gasteiger partial charge < -0.3 is 24.6 Å².